The number of rotatable bonds is 7. The molecule has 2 aromatic heterocycles. The normalized spacial score (nSPS) is 19.0. The number of aromatic nitrogens is 4. The lowest BCUT2D eigenvalue weighted by atomic mass is 10.1. The molecule has 0 radical (unpaired) electrons. The average Bonchev–Trinajstić information content (AvgIpc) is 3.21. The highest BCUT2D eigenvalue weighted by atomic mass is 16.5. The molecule has 1 fully saturated rings. The number of fused-ring (bicyclic) bond motifs is 1. The molecule has 3 heterocycles. The fourth-order valence-electron chi connectivity index (χ4n) is 3.75. The highest BCUT2D eigenvalue weighted by Gasteiger charge is 2.28. The van der Waals surface area contributed by atoms with Crippen LogP contribution in [0.25, 0.3) is 5.78 Å². The Balaban J connectivity index is 1.48. The minimum atomic E-state index is 0.124. The van der Waals surface area contributed by atoms with Crippen LogP contribution in [0.3, 0.4) is 0 Å². The fourth-order valence-corrected chi connectivity index (χ4v) is 3.75. The van der Waals surface area contributed by atoms with Gasteiger partial charge in [-0.2, -0.15) is 14.6 Å². The molecule has 0 saturated carbocycles. The zero-order valence-electron chi connectivity index (χ0n) is 16.6. The summed E-state index contributed by atoms with van der Waals surface area (Å²) < 4.78 is 7.93. The van der Waals surface area contributed by atoms with E-state index in [9.17, 15) is 0 Å². The Morgan fingerprint density at radius 3 is 2.89 bits per heavy atom. The minimum Gasteiger partial charge on any atom is -0.373 e. The zero-order valence-corrected chi connectivity index (χ0v) is 16.6. The number of morpholine rings is 1. The molecule has 1 aliphatic heterocycles. The summed E-state index contributed by atoms with van der Waals surface area (Å²) in [5.41, 5.74) is 2.35. The molecule has 1 saturated heterocycles. The quantitative estimate of drug-likeness (QED) is 0.680. The molecule has 7 nitrogen and oxygen atoms in total. The van der Waals surface area contributed by atoms with Gasteiger partial charge >= 0.3 is 0 Å². The van der Waals surface area contributed by atoms with E-state index in [2.05, 4.69) is 75.5 Å². The number of hydrogen-bond acceptors (Lipinski definition) is 6. The molecule has 2 atom stereocenters. The molecule has 1 N–H and O–H groups in total. The van der Waals surface area contributed by atoms with Crippen molar-refractivity contribution < 1.29 is 4.74 Å². The van der Waals surface area contributed by atoms with Gasteiger partial charge in [0.2, 0.25) is 0 Å². The number of hydrogen-bond donors (Lipinski definition) is 1. The molecule has 28 heavy (non-hydrogen) atoms. The van der Waals surface area contributed by atoms with E-state index in [1.807, 2.05) is 0 Å². The van der Waals surface area contributed by atoms with E-state index < -0.39 is 0 Å². The van der Waals surface area contributed by atoms with Crippen LogP contribution in [0.1, 0.15) is 31.5 Å². The molecular formula is C21H28N6O. The van der Waals surface area contributed by atoms with Crippen molar-refractivity contribution in [2.45, 2.75) is 45.4 Å². The average molecular weight is 380 g/mol. The van der Waals surface area contributed by atoms with Crippen molar-refractivity contribution >= 4 is 11.6 Å². The van der Waals surface area contributed by atoms with E-state index in [-0.39, 0.29) is 12.1 Å². The van der Waals surface area contributed by atoms with Crippen LogP contribution >= 0.6 is 0 Å². The molecule has 4 rings (SSSR count). The van der Waals surface area contributed by atoms with Gasteiger partial charge in [0.05, 0.1) is 18.8 Å². The second-order valence-corrected chi connectivity index (χ2v) is 7.25. The Hall–Kier alpha value is -2.51. The monoisotopic (exact) mass is 380 g/mol. The number of anilines is 1. The fraction of sp³-hybridized carbons (Fsp3) is 0.476. The van der Waals surface area contributed by atoms with Gasteiger partial charge in [0, 0.05) is 31.4 Å². The minimum absolute atomic E-state index is 0.124. The van der Waals surface area contributed by atoms with Crippen molar-refractivity contribution in [3.05, 3.63) is 54.0 Å². The van der Waals surface area contributed by atoms with Crippen molar-refractivity contribution in [3.63, 3.8) is 0 Å². The highest BCUT2D eigenvalue weighted by molar-refractivity contribution is 5.46. The van der Waals surface area contributed by atoms with Gasteiger partial charge in [-0.15, -0.1) is 0 Å². The lowest BCUT2D eigenvalue weighted by molar-refractivity contribution is -0.0403. The SMILES string of the molecule is CCc1cc(NC(CC)C2CN(Cc3ccccc3)CCO2)n2ncnc2n1. The molecule has 7 heteroatoms. The molecule has 148 valence electrons. The van der Waals surface area contributed by atoms with Gasteiger partial charge in [-0.3, -0.25) is 4.90 Å². The Kier molecular flexibility index (Phi) is 5.83. The summed E-state index contributed by atoms with van der Waals surface area (Å²) in [4.78, 5) is 11.3. The second-order valence-electron chi connectivity index (χ2n) is 7.25. The maximum Gasteiger partial charge on any atom is 0.254 e. The number of nitrogens with one attached hydrogen (secondary N) is 1. The highest BCUT2D eigenvalue weighted by Crippen LogP contribution is 2.19. The van der Waals surface area contributed by atoms with Crippen molar-refractivity contribution in [1.82, 2.24) is 24.5 Å². The standard InChI is InChI=1S/C21H28N6O/c1-3-17-12-20(27-21(24-17)22-15-23-27)25-18(4-2)19-14-26(10-11-28-19)13-16-8-6-5-7-9-16/h5-9,12,15,18-19,25H,3-4,10-11,13-14H2,1-2H3. The summed E-state index contributed by atoms with van der Waals surface area (Å²) in [5.74, 6) is 1.56. The number of ether oxygens (including phenoxy) is 1. The van der Waals surface area contributed by atoms with Crippen molar-refractivity contribution in [1.29, 1.82) is 0 Å². The lowest BCUT2D eigenvalue weighted by Crippen LogP contribution is -2.49. The Bertz CT molecular complexity index is 896. The van der Waals surface area contributed by atoms with E-state index in [1.165, 1.54) is 5.56 Å². The van der Waals surface area contributed by atoms with E-state index in [0.29, 0.717) is 5.78 Å². The van der Waals surface area contributed by atoms with Gasteiger partial charge < -0.3 is 10.1 Å². The van der Waals surface area contributed by atoms with Crippen molar-refractivity contribution in [3.8, 4) is 0 Å². The van der Waals surface area contributed by atoms with Crippen LogP contribution in [-0.2, 0) is 17.7 Å². The first-order valence-electron chi connectivity index (χ1n) is 10.1. The maximum atomic E-state index is 6.16. The molecule has 0 amide bonds. The predicted molar refractivity (Wildman–Crippen MR) is 109 cm³/mol. The Morgan fingerprint density at radius 2 is 2.11 bits per heavy atom. The summed E-state index contributed by atoms with van der Waals surface area (Å²) in [7, 11) is 0. The number of nitrogens with zero attached hydrogens (tertiary/aromatic N) is 5. The molecule has 0 aliphatic carbocycles. The van der Waals surface area contributed by atoms with Gasteiger partial charge in [-0.25, -0.2) is 4.98 Å². The molecule has 3 aromatic rings. The molecule has 2 unspecified atom stereocenters. The van der Waals surface area contributed by atoms with E-state index in [4.69, 9.17) is 4.74 Å². The van der Waals surface area contributed by atoms with Crippen LogP contribution in [0.4, 0.5) is 5.82 Å². The van der Waals surface area contributed by atoms with Gasteiger partial charge in [0.1, 0.15) is 12.1 Å². The van der Waals surface area contributed by atoms with Crippen LogP contribution in [0, 0.1) is 0 Å². The smallest absolute Gasteiger partial charge is 0.254 e. The summed E-state index contributed by atoms with van der Waals surface area (Å²) in [6, 6.07) is 12.9. The van der Waals surface area contributed by atoms with Gasteiger partial charge in [-0.1, -0.05) is 44.2 Å². The molecule has 1 aromatic carbocycles. The third kappa shape index (κ3) is 4.15. The summed E-state index contributed by atoms with van der Waals surface area (Å²) in [6.45, 7) is 7.88. The largest absolute Gasteiger partial charge is 0.373 e. The predicted octanol–water partition coefficient (Wildman–Crippen LogP) is 2.78. The van der Waals surface area contributed by atoms with Crippen LogP contribution < -0.4 is 5.32 Å². The molecule has 0 bridgehead atoms. The van der Waals surface area contributed by atoms with Crippen LogP contribution in [0.2, 0.25) is 0 Å². The second kappa shape index (κ2) is 8.67. The van der Waals surface area contributed by atoms with Gasteiger partial charge in [-0.05, 0) is 18.4 Å². The van der Waals surface area contributed by atoms with E-state index >= 15 is 0 Å². The van der Waals surface area contributed by atoms with Gasteiger partial charge in [0.15, 0.2) is 0 Å². The number of benzene rings is 1. The Morgan fingerprint density at radius 1 is 1.25 bits per heavy atom. The first-order chi connectivity index (χ1) is 13.8. The molecule has 1 aliphatic rings. The first-order valence-corrected chi connectivity index (χ1v) is 10.1. The van der Waals surface area contributed by atoms with Crippen LogP contribution in [0.5, 0.6) is 0 Å². The van der Waals surface area contributed by atoms with Crippen LogP contribution in [0.15, 0.2) is 42.7 Å². The summed E-state index contributed by atoms with van der Waals surface area (Å²) in [6.07, 6.45) is 3.50. The molecular weight excluding hydrogens is 352 g/mol. The Labute approximate surface area is 165 Å². The van der Waals surface area contributed by atoms with E-state index in [1.54, 1.807) is 10.8 Å². The van der Waals surface area contributed by atoms with Crippen molar-refractivity contribution in [2.24, 2.45) is 0 Å². The lowest BCUT2D eigenvalue weighted by Gasteiger charge is -2.37. The van der Waals surface area contributed by atoms with Gasteiger partial charge in [0.25, 0.3) is 5.78 Å². The summed E-state index contributed by atoms with van der Waals surface area (Å²) >= 11 is 0. The topological polar surface area (TPSA) is 67.6 Å². The first kappa shape index (κ1) is 18.8. The van der Waals surface area contributed by atoms with Crippen molar-refractivity contribution in [2.75, 3.05) is 25.0 Å². The zero-order chi connectivity index (χ0) is 19.3. The summed E-state index contributed by atoms with van der Waals surface area (Å²) in [5, 5.41) is 7.98. The number of aryl methyl sites for hydroxylation is 1. The molecule has 0 spiro atoms. The third-order valence-electron chi connectivity index (χ3n) is 5.32. The van der Waals surface area contributed by atoms with Crippen LogP contribution in [-0.4, -0.2) is 56.3 Å². The maximum absolute atomic E-state index is 6.16. The third-order valence-corrected chi connectivity index (χ3v) is 5.32. The van der Waals surface area contributed by atoms with E-state index in [0.717, 1.165) is 50.6 Å².